The van der Waals surface area contributed by atoms with Crippen molar-refractivity contribution in [2.75, 3.05) is 19.3 Å². The van der Waals surface area contributed by atoms with Crippen LogP contribution in [0.3, 0.4) is 0 Å². The predicted molar refractivity (Wildman–Crippen MR) is 79.6 cm³/mol. The number of sulfonamides is 1. The molecule has 1 saturated heterocycles. The Labute approximate surface area is 129 Å². The van der Waals surface area contributed by atoms with E-state index in [0.29, 0.717) is 13.1 Å². The molecule has 1 N–H and O–H groups in total. The van der Waals surface area contributed by atoms with Crippen LogP contribution in [0.25, 0.3) is 0 Å². The molecule has 1 aliphatic carbocycles. The summed E-state index contributed by atoms with van der Waals surface area (Å²) in [7, 11) is -1.40. The van der Waals surface area contributed by atoms with Gasteiger partial charge in [-0.25, -0.2) is 18.1 Å². The molecule has 1 aliphatic heterocycles. The first-order chi connectivity index (χ1) is 10.3. The summed E-state index contributed by atoms with van der Waals surface area (Å²) in [5, 5.41) is 4.05. The molecule has 1 aromatic heterocycles. The Morgan fingerprint density at radius 1 is 1.36 bits per heavy atom. The Bertz CT molecular complexity index is 668. The summed E-state index contributed by atoms with van der Waals surface area (Å²) in [6.07, 6.45) is 6.26. The standard InChI is InChI=1S/C13H21N5O3S/c1-17-9-14-11(15-17)12(19)18-5-3-13(4-6-18)7-10(8-13)16-22(2,20)21/h9-10,16H,3-8H2,1-2H3. The molecular weight excluding hydrogens is 306 g/mol. The third-order valence-electron chi connectivity index (χ3n) is 4.64. The van der Waals surface area contributed by atoms with Gasteiger partial charge in [0.05, 0.1) is 6.26 Å². The number of amides is 1. The van der Waals surface area contributed by atoms with E-state index >= 15 is 0 Å². The highest BCUT2D eigenvalue weighted by Crippen LogP contribution is 2.49. The molecule has 1 aromatic rings. The fourth-order valence-electron chi connectivity index (χ4n) is 3.54. The van der Waals surface area contributed by atoms with E-state index in [1.807, 2.05) is 0 Å². The van der Waals surface area contributed by atoms with Gasteiger partial charge in [-0.15, -0.1) is 5.10 Å². The SMILES string of the molecule is Cn1cnc(C(=O)N2CCC3(CC2)CC(NS(C)(=O)=O)C3)n1. The highest BCUT2D eigenvalue weighted by molar-refractivity contribution is 7.88. The van der Waals surface area contributed by atoms with Crippen molar-refractivity contribution >= 4 is 15.9 Å². The number of rotatable bonds is 3. The van der Waals surface area contributed by atoms with Gasteiger partial charge >= 0.3 is 0 Å². The van der Waals surface area contributed by atoms with Crippen molar-refractivity contribution < 1.29 is 13.2 Å². The maximum atomic E-state index is 12.3. The van der Waals surface area contributed by atoms with E-state index in [1.54, 1.807) is 11.9 Å². The van der Waals surface area contributed by atoms with E-state index in [1.165, 1.54) is 17.3 Å². The van der Waals surface area contributed by atoms with Crippen molar-refractivity contribution in [1.82, 2.24) is 24.4 Å². The zero-order valence-corrected chi connectivity index (χ0v) is 13.6. The van der Waals surface area contributed by atoms with Crippen LogP contribution in [0.1, 0.15) is 36.3 Å². The van der Waals surface area contributed by atoms with E-state index in [0.717, 1.165) is 25.7 Å². The van der Waals surface area contributed by atoms with Crippen LogP contribution in [-0.4, -0.2) is 59.4 Å². The number of piperidine rings is 1. The van der Waals surface area contributed by atoms with Crippen molar-refractivity contribution in [3.8, 4) is 0 Å². The van der Waals surface area contributed by atoms with Gasteiger partial charge in [-0.05, 0) is 31.1 Å². The van der Waals surface area contributed by atoms with Crippen LogP contribution in [-0.2, 0) is 17.1 Å². The van der Waals surface area contributed by atoms with Gasteiger partial charge in [-0.3, -0.25) is 9.48 Å². The van der Waals surface area contributed by atoms with Crippen LogP contribution in [0.2, 0.25) is 0 Å². The number of hydrogen-bond donors (Lipinski definition) is 1. The van der Waals surface area contributed by atoms with Crippen molar-refractivity contribution in [2.45, 2.75) is 31.7 Å². The minimum Gasteiger partial charge on any atom is -0.336 e. The van der Waals surface area contributed by atoms with E-state index in [9.17, 15) is 13.2 Å². The molecule has 22 heavy (non-hydrogen) atoms. The fraction of sp³-hybridized carbons (Fsp3) is 0.769. The minimum absolute atomic E-state index is 0.0507. The molecule has 1 amide bonds. The zero-order chi connectivity index (χ0) is 16.0. The molecule has 0 bridgehead atoms. The van der Waals surface area contributed by atoms with Gasteiger partial charge in [-0.2, -0.15) is 0 Å². The van der Waals surface area contributed by atoms with Crippen LogP contribution in [0.15, 0.2) is 6.33 Å². The Hall–Kier alpha value is -1.48. The molecule has 8 nitrogen and oxygen atoms in total. The Morgan fingerprint density at radius 3 is 2.50 bits per heavy atom. The van der Waals surface area contributed by atoms with Crippen LogP contribution < -0.4 is 4.72 Å². The lowest BCUT2D eigenvalue weighted by Crippen LogP contribution is -2.55. The second-order valence-corrected chi connectivity index (χ2v) is 8.31. The second kappa shape index (κ2) is 5.31. The third kappa shape index (κ3) is 3.14. The summed E-state index contributed by atoms with van der Waals surface area (Å²) in [4.78, 5) is 18.1. The number of carbonyl (C=O) groups is 1. The average Bonchev–Trinajstić information content (AvgIpc) is 2.82. The highest BCUT2D eigenvalue weighted by atomic mass is 32.2. The lowest BCUT2D eigenvalue weighted by Gasteiger charge is -2.52. The van der Waals surface area contributed by atoms with E-state index in [2.05, 4.69) is 14.8 Å². The summed E-state index contributed by atoms with van der Waals surface area (Å²) in [5.41, 5.74) is 0.191. The number of carbonyl (C=O) groups excluding carboxylic acids is 1. The Kier molecular flexibility index (Phi) is 3.72. The summed E-state index contributed by atoms with van der Waals surface area (Å²) < 4.78 is 26.6. The summed E-state index contributed by atoms with van der Waals surface area (Å²) >= 11 is 0. The molecule has 2 fully saturated rings. The summed E-state index contributed by atoms with van der Waals surface area (Å²) in [5.74, 6) is 0.115. The van der Waals surface area contributed by atoms with E-state index in [-0.39, 0.29) is 23.2 Å². The number of likely N-dealkylation sites (tertiary alicyclic amines) is 1. The van der Waals surface area contributed by atoms with Crippen LogP contribution in [0.5, 0.6) is 0 Å². The minimum atomic E-state index is -3.13. The summed E-state index contributed by atoms with van der Waals surface area (Å²) in [6, 6.07) is 0.0507. The van der Waals surface area contributed by atoms with E-state index in [4.69, 9.17) is 0 Å². The lowest BCUT2D eigenvalue weighted by atomic mass is 9.60. The quantitative estimate of drug-likeness (QED) is 0.825. The first-order valence-corrected chi connectivity index (χ1v) is 9.28. The molecule has 3 rings (SSSR count). The molecule has 0 atom stereocenters. The van der Waals surface area contributed by atoms with Gasteiger partial charge in [0.2, 0.25) is 15.8 Å². The molecule has 9 heteroatoms. The highest BCUT2D eigenvalue weighted by Gasteiger charge is 2.47. The molecule has 0 radical (unpaired) electrons. The van der Waals surface area contributed by atoms with Crippen molar-refractivity contribution in [2.24, 2.45) is 12.5 Å². The average molecular weight is 327 g/mol. The second-order valence-electron chi connectivity index (χ2n) is 6.53. The molecule has 122 valence electrons. The molecular formula is C13H21N5O3S. The van der Waals surface area contributed by atoms with Gasteiger partial charge < -0.3 is 4.90 Å². The topological polar surface area (TPSA) is 97.2 Å². The summed E-state index contributed by atoms with van der Waals surface area (Å²) in [6.45, 7) is 1.37. The lowest BCUT2D eigenvalue weighted by molar-refractivity contribution is 0.0133. The molecule has 2 aliphatic rings. The molecule has 1 spiro atoms. The van der Waals surface area contributed by atoms with Gasteiger partial charge in [0.25, 0.3) is 5.91 Å². The monoisotopic (exact) mass is 327 g/mol. The van der Waals surface area contributed by atoms with Gasteiger partial charge in [0.15, 0.2) is 0 Å². The first kappa shape index (κ1) is 15.4. The smallest absolute Gasteiger partial charge is 0.293 e. The van der Waals surface area contributed by atoms with Gasteiger partial charge in [0, 0.05) is 26.2 Å². The maximum absolute atomic E-state index is 12.3. The normalized spacial score (nSPS) is 21.8. The van der Waals surface area contributed by atoms with Crippen LogP contribution in [0.4, 0.5) is 0 Å². The number of nitrogens with one attached hydrogen (secondary N) is 1. The number of nitrogens with zero attached hydrogens (tertiary/aromatic N) is 4. The first-order valence-electron chi connectivity index (χ1n) is 7.39. The van der Waals surface area contributed by atoms with Gasteiger partial charge in [0.1, 0.15) is 6.33 Å². The molecule has 2 heterocycles. The predicted octanol–water partition coefficient (Wildman–Crippen LogP) is -0.251. The molecule has 0 unspecified atom stereocenters. The van der Waals surface area contributed by atoms with Crippen molar-refractivity contribution in [1.29, 1.82) is 0 Å². The largest absolute Gasteiger partial charge is 0.336 e. The van der Waals surface area contributed by atoms with Crippen molar-refractivity contribution in [3.05, 3.63) is 12.2 Å². The van der Waals surface area contributed by atoms with Crippen LogP contribution in [0, 0.1) is 5.41 Å². The Balaban J connectivity index is 1.52. The zero-order valence-electron chi connectivity index (χ0n) is 12.8. The maximum Gasteiger partial charge on any atom is 0.293 e. The number of hydrogen-bond acceptors (Lipinski definition) is 5. The Morgan fingerprint density at radius 2 is 2.00 bits per heavy atom. The number of aryl methyl sites for hydroxylation is 1. The molecule has 0 aromatic carbocycles. The van der Waals surface area contributed by atoms with Crippen molar-refractivity contribution in [3.63, 3.8) is 0 Å². The number of aromatic nitrogens is 3. The third-order valence-corrected chi connectivity index (χ3v) is 5.40. The van der Waals surface area contributed by atoms with Crippen LogP contribution >= 0.6 is 0 Å². The van der Waals surface area contributed by atoms with Gasteiger partial charge in [-0.1, -0.05) is 0 Å². The van der Waals surface area contributed by atoms with E-state index < -0.39 is 10.0 Å². The fourth-order valence-corrected chi connectivity index (χ4v) is 4.31. The molecule has 1 saturated carbocycles.